The fraction of sp³-hybridized carbons (Fsp3) is 1.00. The first-order chi connectivity index (χ1) is 5.21. The number of fused-ring (bicyclic) bond motifs is 2. The average Bonchev–Trinajstić information content (AvgIpc) is 1.82. The highest BCUT2D eigenvalue weighted by molar-refractivity contribution is 7.92. The van der Waals surface area contributed by atoms with Gasteiger partial charge in [0, 0.05) is 0 Å². The fourth-order valence-corrected chi connectivity index (χ4v) is 4.89. The minimum Gasteiger partial charge on any atom is -0.228 e. The zero-order valence-corrected chi connectivity index (χ0v) is 7.44. The molecule has 2 aliphatic heterocycles. The molecule has 0 atom stereocenters. The molecule has 0 radical (unpaired) electrons. The highest BCUT2D eigenvalue weighted by Gasteiger charge is 2.39. The van der Waals surface area contributed by atoms with E-state index in [1.54, 1.807) is 0 Å². The Hall–Kier alpha value is -0.0500. The third-order valence-electron chi connectivity index (χ3n) is 3.03. The summed E-state index contributed by atoms with van der Waals surface area (Å²) in [5.74, 6) is 0. The number of sulfone groups is 1. The first-order valence-corrected chi connectivity index (χ1v) is 6.05. The van der Waals surface area contributed by atoms with E-state index in [2.05, 4.69) is 0 Å². The quantitative estimate of drug-likeness (QED) is 0.558. The van der Waals surface area contributed by atoms with Gasteiger partial charge in [-0.1, -0.05) is 12.8 Å². The second-order valence-electron chi connectivity index (χ2n) is 3.69. The van der Waals surface area contributed by atoms with E-state index in [1.807, 2.05) is 0 Å². The predicted molar refractivity (Wildman–Crippen MR) is 44.2 cm³/mol. The molecule has 0 aromatic rings. The summed E-state index contributed by atoms with van der Waals surface area (Å²) in [4.78, 5) is 0. The van der Waals surface area contributed by atoms with Gasteiger partial charge in [0.05, 0.1) is 10.5 Å². The minimum atomic E-state index is -2.67. The molecule has 3 heteroatoms. The molecule has 2 bridgehead atoms. The molecule has 0 unspecified atom stereocenters. The van der Waals surface area contributed by atoms with Crippen LogP contribution in [0.25, 0.3) is 0 Å². The van der Waals surface area contributed by atoms with Crippen molar-refractivity contribution in [3.63, 3.8) is 0 Å². The lowest BCUT2D eigenvalue weighted by atomic mass is 9.99. The molecule has 2 rings (SSSR count). The molecule has 2 fully saturated rings. The Morgan fingerprint density at radius 3 is 1.45 bits per heavy atom. The summed E-state index contributed by atoms with van der Waals surface area (Å²) in [6, 6.07) is 0. The van der Waals surface area contributed by atoms with Crippen LogP contribution in [0.2, 0.25) is 0 Å². The molecule has 0 aromatic carbocycles. The Bertz CT molecular complexity index is 215. The van der Waals surface area contributed by atoms with Crippen molar-refractivity contribution in [1.29, 1.82) is 0 Å². The monoisotopic (exact) mass is 174 g/mol. The Labute approximate surface area is 67.9 Å². The minimum absolute atomic E-state index is 0.0370. The van der Waals surface area contributed by atoms with Crippen LogP contribution in [0.15, 0.2) is 0 Å². The molecular formula is C8H14O2S. The van der Waals surface area contributed by atoms with Gasteiger partial charge in [0.15, 0.2) is 9.84 Å². The van der Waals surface area contributed by atoms with Crippen molar-refractivity contribution in [2.24, 2.45) is 0 Å². The van der Waals surface area contributed by atoms with E-state index in [-0.39, 0.29) is 10.5 Å². The molecule has 11 heavy (non-hydrogen) atoms. The number of hydrogen-bond donors (Lipinski definition) is 0. The SMILES string of the molecule is O=S1(=O)C2CCCC1CCC2. The van der Waals surface area contributed by atoms with Crippen LogP contribution >= 0.6 is 0 Å². The normalized spacial score (nSPS) is 41.8. The van der Waals surface area contributed by atoms with Gasteiger partial charge in [-0.3, -0.25) is 0 Å². The van der Waals surface area contributed by atoms with Crippen LogP contribution in [0.5, 0.6) is 0 Å². The van der Waals surface area contributed by atoms with Crippen molar-refractivity contribution in [3.05, 3.63) is 0 Å². The van der Waals surface area contributed by atoms with E-state index in [4.69, 9.17) is 0 Å². The smallest absolute Gasteiger partial charge is 0.156 e. The van der Waals surface area contributed by atoms with E-state index in [1.165, 1.54) is 0 Å². The van der Waals surface area contributed by atoms with E-state index < -0.39 is 9.84 Å². The first-order valence-electron chi connectivity index (χ1n) is 4.44. The maximum Gasteiger partial charge on any atom is 0.156 e. The van der Waals surface area contributed by atoms with Crippen molar-refractivity contribution in [2.75, 3.05) is 0 Å². The maximum absolute atomic E-state index is 11.6. The van der Waals surface area contributed by atoms with Gasteiger partial charge in [0.25, 0.3) is 0 Å². The Balaban J connectivity index is 2.32. The third-order valence-corrected chi connectivity index (χ3v) is 5.83. The Kier molecular flexibility index (Phi) is 1.71. The Morgan fingerprint density at radius 2 is 1.18 bits per heavy atom. The lowest BCUT2D eigenvalue weighted by Gasteiger charge is -2.33. The lowest BCUT2D eigenvalue weighted by Crippen LogP contribution is -2.39. The molecule has 0 aromatic heterocycles. The van der Waals surface area contributed by atoms with Crippen molar-refractivity contribution >= 4 is 9.84 Å². The third kappa shape index (κ3) is 1.10. The van der Waals surface area contributed by atoms with Gasteiger partial charge in [-0.25, -0.2) is 8.42 Å². The van der Waals surface area contributed by atoms with Gasteiger partial charge in [-0.2, -0.15) is 0 Å². The van der Waals surface area contributed by atoms with E-state index >= 15 is 0 Å². The van der Waals surface area contributed by atoms with Crippen LogP contribution in [0.1, 0.15) is 38.5 Å². The van der Waals surface area contributed by atoms with Crippen LogP contribution in [0.3, 0.4) is 0 Å². The number of rotatable bonds is 0. The standard InChI is InChI=1S/C8H14O2S/c9-11(10)7-3-1-4-8(11)6-2-5-7/h7-8H,1-6H2. The molecule has 0 saturated carbocycles. The highest BCUT2D eigenvalue weighted by atomic mass is 32.2. The van der Waals surface area contributed by atoms with Crippen LogP contribution in [0, 0.1) is 0 Å². The molecule has 0 N–H and O–H groups in total. The van der Waals surface area contributed by atoms with E-state index in [0.29, 0.717) is 0 Å². The van der Waals surface area contributed by atoms with Crippen LogP contribution in [0.4, 0.5) is 0 Å². The van der Waals surface area contributed by atoms with Crippen LogP contribution < -0.4 is 0 Å². The van der Waals surface area contributed by atoms with Crippen molar-refractivity contribution in [3.8, 4) is 0 Å². The molecule has 2 saturated heterocycles. The molecule has 2 aliphatic rings. The van der Waals surface area contributed by atoms with Gasteiger partial charge in [-0.15, -0.1) is 0 Å². The second-order valence-corrected chi connectivity index (χ2v) is 6.21. The topological polar surface area (TPSA) is 34.1 Å². The van der Waals surface area contributed by atoms with Gasteiger partial charge in [0.1, 0.15) is 0 Å². The summed E-state index contributed by atoms with van der Waals surface area (Å²) >= 11 is 0. The second kappa shape index (κ2) is 2.47. The molecule has 0 spiro atoms. The summed E-state index contributed by atoms with van der Waals surface area (Å²) in [7, 11) is -2.67. The number of hydrogen-bond acceptors (Lipinski definition) is 2. The zero-order valence-electron chi connectivity index (χ0n) is 6.62. The summed E-state index contributed by atoms with van der Waals surface area (Å²) in [6.07, 6.45) is 5.98. The molecule has 64 valence electrons. The summed E-state index contributed by atoms with van der Waals surface area (Å²) < 4.78 is 23.2. The fourth-order valence-electron chi connectivity index (χ4n) is 2.36. The lowest BCUT2D eigenvalue weighted by molar-refractivity contribution is 0.432. The molecule has 2 nitrogen and oxygen atoms in total. The largest absolute Gasteiger partial charge is 0.228 e. The van der Waals surface area contributed by atoms with Gasteiger partial charge < -0.3 is 0 Å². The maximum atomic E-state index is 11.6. The molecule has 0 amide bonds. The first kappa shape index (κ1) is 7.59. The highest BCUT2D eigenvalue weighted by Crippen LogP contribution is 2.35. The van der Waals surface area contributed by atoms with Crippen molar-refractivity contribution in [1.82, 2.24) is 0 Å². The van der Waals surface area contributed by atoms with E-state index in [9.17, 15) is 8.42 Å². The predicted octanol–water partition coefficient (Wildman–Crippen LogP) is 1.51. The van der Waals surface area contributed by atoms with Gasteiger partial charge >= 0.3 is 0 Å². The van der Waals surface area contributed by atoms with Gasteiger partial charge in [0.2, 0.25) is 0 Å². The Morgan fingerprint density at radius 1 is 0.818 bits per heavy atom. The molecule has 2 heterocycles. The summed E-state index contributed by atoms with van der Waals surface area (Å²) in [5.41, 5.74) is 0. The van der Waals surface area contributed by atoms with Crippen LogP contribution in [-0.4, -0.2) is 18.9 Å². The van der Waals surface area contributed by atoms with Crippen molar-refractivity contribution < 1.29 is 8.42 Å². The average molecular weight is 174 g/mol. The van der Waals surface area contributed by atoms with Crippen LogP contribution in [-0.2, 0) is 9.84 Å². The van der Waals surface area contributed by atoms with E-state index in [0.717, 1.165) is 38.5 Å². The summed E-state index contributed by atoms with van der Waals surface area (Å²) in [5, 5.41) is 0.0741. The zero-order chi connectivity index (χ0) is 7.90. The molecule has 0 aliphatic carbocycles. The van der Waals surface area contributed by atoms with Gasteiger partial charge in [-0.05, 0) is 25.7 Å². The molecular weight excluding hydrogens is 160 g/mol. The summed E-state index contributed by atoms with van der Waals surface area (Å²) in [6.45, 7) is 0. The van der Waals surface area contributed by atoms with Crippen molar-refractivity contribution in [2.45, 2.75) is 49.0 Å².